The third-order valence-corrected chi connectivity index (χ3v) is 8.09. The third kappa shape index (κ3) is 4.31. The van der Waals surface area contributed by atoms with Gasteiger partial charge in [0.1, 0.15) is 4.32 Å². The lowest BCUT2D eigenvalue weighted by molar-refractivity contribution is -0.115. The molecule has 2 aromatic carbocycles. The molecule has 1 heterocycles. The van der Waals surface area contributed by atoms with Gasteiger partial charge in [0.05, 0.1) is 19.1 Å². The van der Waals surface area contributed by atoms with Crippen molar-refractivity contribution in [2.24, 2.45) is 0 Å². The van der Waals surface area contributed by atoms with E-state index in [4.69, 9.17) is 21.7 Å². The van der Waals surface area contributed by atoms with E-state index in [1.807, 2.05) is 12.1 Å². The predicted molar refractivity (Wildman–Crippen MR) is 141 cm³/mol. The highest BCUT2D eigenvalue weighted by atomic mass is 32.2. The number of benzene rings is 2. The number of rotatable bonds is 4. The Balaban J connectivity index is 1.94. The molecule has 174 valence electrons. The first kappa shape index (κ1) is 23.8. The summed E-state index contributed by atoms with van der Waals surface area (Å²) in [4.78, 5) is 12.8. The number of carbonyl (C=O) groups is 1. The highest BCUT2D eigenvalue weighted by Crippen LogP contribution is 2.49. The van der Waals surface area contributed by atoms with Gasteiger partial charge in [-0.1, -0.05) is 57.7 Å². The van der Waals surface area contributed by atoms with Crippen molar-refractivity contribution in [2.75, 3.05) is 14.2 Å². The van der Waals surface area contributed by atoms with Gasteiger partial charge in [-0.05, 0) is 82.7 Å². The van der Waals surface area contributed by atoms with Crippen LogP contribution in [-0.2, 0) is 15.6 Å². The van der Waals surface area contributed by atoms with Crippen LogP contribution < -0.4 is 14.8 Å². The fraction of sp³-hybridized carbons (Fsp3) is 0.407. The molecule has 1 aliphatic carbocycles. The molecule has 0 atom stereocenters. The molecule has 1 fully saturated rings. The first-order valence-corrected chi connectivity index (χ1v) is 12.4. The first-order valence-electron chi connectivity index (χ1n) is 11.1. The summed E-state index contributed by atoms with van der Waals surface area (Å²) >= 11 is 6.41. The molecule has 0 unspecified atom stereocenters. The van der Waals surface area contributed by atoms with Crippen molar-refractivity contribution < 1.29 is 14.3 Å². The molecule has 1 aliphatic heterocycles. The highest BCUT2D eigenvalue weighted by Gasteiger charge is 2.37. The monoisotopic (exact) mass is 481 g/mol. The number of thiocarbonyl (C=S) groups is 1. The maximum Gasteiger partial charge on any atom is 0.263 e. The van der Waals surface area contributed by atoms with E-state index in [-0.39, 0.29) is 16.7 Å². The second kappa shape index (κ2) is 8.48. The second-order valence-electron chi connectivity index (χ2n) is 10.1. The zero-order chi connectivity index (χ0) is 24.1. The largest absolute Gasteiger partial charge is 0.493 e. The third-order valence-electron chi connectivity index (χ3n) is 6.93. The number of carbonyl (C=O) groups excluding carboxylic acids is 1. The van der Waals surface area contributed by atoms with Gasteiger partial charge in [-0.3, -0.25) is 4.79 Å². The fourth-order valence-electron chi connectivity index (χ4n) is 4.85. The van der Waals surface area contributed by atoms with Crippen LogP contribution in [0.4, 0.5) is 0 Å². The lowest BCUT2D eigenvalue weighted by atomic mass is 9.62. The van der Waals surface area contributed by atoms with E-state index in [9.17, 15) is 4.79 Å². The number of fused-ring (bicyclic) bond motifs is 1. The minimum atomic E-state index is -0.171. The lowest BCUT2D eigenvalue weighted by Crippen LogP contribution is -2.34. The fourth-order valence-corrected chi connectivity index (χ4v) is 5.90. The van der Waals surface area contributed by atoms with E-state index >= 15 is 0 Å². The van der Waals surface area contributed by atoms with Gasteiger partial charge in [-0.15, -0.1) is 0 Å². The van der Waals surface area contributed by atoms with E-state index in [0.717, 1.165) is 23.1 Å². The second-order valence-corrected chi connectivity index (χ2v) is 11.9. The van der Waals surface area contributed by atoms with Gasteiger partial charge < -0.3 is 14.8 Å². The van der Waals surface area contributed by atoms with Crippen LogP contribution in [0.5, 0.6) is 11.5 Å². The molecule has 2 aliphatic rings. The van der Waals surface area contributed by atoms with E-state index in [0.29, 0.717) is 20.7 Å². The van der Waals surface area contributed by atoms with Crippen molar-refractivity contribution in [2.45, 2.75) is 58.3 Å². The highest BCUT2D eigenvalue weighted by molar-refractivity contribution is 8.26. The standard InChI is InChI=1S/C27H31NO3S2/c1-15-10-19-20(27(4,5)9-8-26(19,2)3)14-17(15)18-11-16(12-21(30-6)23(18)31-7)13-22-24(29)28-25(32)33-22/h10-14H,8-9H2,1-7H3,(H,28,29,32)/b22-13+. The summed E-state index contributed by atoms with van der Waals surface area (Å²) < 4.78 is 12.0. The Bertz CT molecular complexity index is 1190. The molecule has 4 nitrogen and oxygen atoms in total. The summed E-state index contributed by atoms with van der Waals surface area (Å²) in [6.07, 6.45) is 4.17. The molecule has 33 heavy (non-hydrogen) atoms. The molecular formula is C27H31NO3S2. The number of methoxy groups -OCH3 is 2. The van der Waals surface area contributed by atoms with Crippen LogP contribution in [0.15, 0.2) is 29.2 Å². The van der Waals surface area contributed by atoms with Crippen molar-refractivity contribution in [3.63, 3.8) is 0 Å². The number of ether oxygens (including phenoxy) is 2. The molecule has 0 saturated carbocycles. The van der Waals surface area contributed by atoms with E-state index < -0.39 is 0 Å². The molecule has 0 radical (unpaired) electrons. The zero-order valence-corrected chi connectivity index (χ0v) is 22.0. The van der Waals surface area contributed by atoms with E-state index in [2.05, 4.69) is 58.1 Å². The topological polar surface area (TPSA) is 47.6 Å². The van der Waals surface area contributed by atoms with Gasteiger partial charge in [-0.25, -0.2) is 0 Å². The summed E-state index contributed by atoms with van der Waals surface area (Å²) in [5, 5.41) is 2.68. The molecule has 2 aromatic rings. The number of nitrogens with one attached hydrogen (secondary N) is 1. The SMILES string of the molecule is COc1cc(/C=C2/SC(=S)NC2=O)cc(-c2cc3c(cc2C)C(C)(C)CCC3(C)C)c1OC. The van der Waals surface area contributed by atoms with Crippen molar-refractivity contribution in [3.05, 3.63) is 51.4 Å². The number of hydrogen-bond donors (Lipinski definition) is 1. The molecule has 1 amide bonds. The van der Waals surface area contributed by atoms with Gasteiger partial charge in [0.2, 0.25) is 0 Å². The van der Waals surface area contributed by atoms with Crippen LogP contribution in [0.1, 0.15) is 62.8 Å². The first-order chi connectivity index (χ1) is 15.5. The van der Waals surface area contributed by atoms with Gasteiger partial charge >= 0.3 is 0 Å². The quantitative estimate of drug-likeness (QED) is 0.398. The normalized spacial score (nSPS) is 19.9. The average Bonchev–Trinajstić information content (AvgIpc) is 3.07. The smallest absolute Gasteiger partial charge is 0.263 e. The summed E-state index contributed by atoms with van der Waals surface area (Å²) in [6.45, 7) is 11.5. The van der Waals surface area contributed by atoms with E-state index in [1.165, 1.54) is 34.9 Å². The Morgan fingerprint density at radius 3 is 2.15 bits per heavy atom. The van der Waals surface area contributed by atoms with Gasteiger partial charge in [0.25, 0.3) is 5.91 Å². The van der Waals surface area contributed by atoms with Crippen LogP contribution in [0.2, 0.25) is 0 Å². The molecular weight excluding hydrogens is 450 g/mol. The number of aryl methyl sites for hydroxylation is 1. The molecule has 0 spiro atoms. The van der Waals surface area contributed by atoms with Crippen molar-refractivity contribution >= 4 is 40.3 Å². The van der Waals surface area contributed by atoms with Gasteiger partial charge in [0.15, 0.2) is 11.5 Å². The molecule has 6 heteroatoms. The Morgan fingerprint density at radius 2 is 1.61 bits per heavy atom. The molecule has 0 aromatic heterocycles. The van der Waals surface area contributed by atoms with Crippen LogP contribution in [0.3, 0.4) is 0 Å². The van der Waals surface area contributed by atoms with Crippen molar-refractivity contribution in [3.8, 4) is 22.6 Å². The minimum Gasteiger partial charge on any atom is -0.493 e. The predicted octanol–water partition coefficient (Wildman–Crippen LogP) is 6.52. The number of thioether (sulfide) groups is 1. The molecule has 1 saturated heterocycles. The summed E-state index contributed by atoms with van der Waals surface area (Å²) in [5.41, 5.74) is 7.19. The van der Waals surface area contributed by atoms with E-state index in [1.54, 1.807) is 14.2 Å². The average molecular weight is 482 g/mol. The van der Waals surface area contributed by atoms with Crippen LogP contribution in [-0.4, -0.2) is 24.4 Å². The lowest BCUT2D eigenvalue weighted by Gasteiger charge is -2.42. The maximum absolute atomic E-state index is 12.2. The summed E-state index contributed by atoms with van der Waals surface area (Å²) in [6, 6.07) is 8.65. The molecule has 4 rings (SSSR count). The Labute approximate surface area is 206 Å². The van der Waals surface area contributed by atoms with Crippen LogP contribution in [0.25, 0.3) is 17.2 Å². The minimum absolute atomic E-state index is 0.0957. The zero-order valence-electron chi connectivity index (χ0n) is 20.3. The Morgan fingerprint density at radius 1 is 0.970 bits per heavy atom. The summed E-state index contributed by atoms with van der Waals surface area (Å²) in [7, 11) is 3.30. The van der Waals surface area contributed by atoms with Crippen molar-refractivity contribution in [1.29, 1.82) is 0 Å². The Hall–Kier alpha value is -2.31. The summed E-state index contributed by atoms with van der Waals surface area (Å²) in [5.74, 6) is 1.15. The maximum atomic E-state index is 12.2. The van der Waals surface area contributed by atoms with Gasteiger partial charge in [0, 0.05) is 5.56 Å². The number of hydrogen-bond acceptors (Lipinski definition) is 5. The molecule has 1 N–H and O–H groups in total. The number of amides is 1. The molecule has 0 bridgehead atoms. The van der Waals surface area contributed by atoms with Crippen LogP contribution in [0, 0.1) is 6.92 Å². The Kier molecular flexibility index (Phi) is 6.12. The van der Waals surface area contributed by atoms with Crippen molar-refractivity contribution in [1.82, 2.24) is 5.32 Å². The van der Waals surface area contributed by atoms with Crippen LogP contribution >= 0.6 is 24.0 Å². The van der Waals surface area contributed by atoms with Gasteiger partial charge in [-0.2, -0.15) is 0 Å².